The van der Waals surface area contributed by atoms with Gasteiger partial charge in [0.1, 0.15) is 12.4 Å². The number of fused-ring (bicyclic) bond motifs is 1. The Labute approximate surface area is 161 Å². The topological polar surface area (TPSA) is 79.5 Å². The van der Waals surface area contributed by atoms with Gasteiger partial charge < -0.3 is 18.6 Å². The van der Waals surface area contributed by atoms with Gasteiger partial charge in [0, 0.05) is 23.1 Å². The number of ether oxygens (including phenoxy) is 3. The molecule has 140 valence electrons. The molecule has 0 N–H and O–H groups in total. The highest BCUT2D eigenvalue weighted by atomic mass is 32.2. The van der Waals surface area contributed by atoms with E-state index in [0.29, 0.717) is 29.2 Å². The lowest BCUT2D eigenvalue weighted by molar-refractivity contribution is 0.0686. The van der Waals surface area contributed by atoms with E-state index in [1.54, 1.807) is 7.11 Å². The van der Waals surface area contributed by atoms with Crippen molar-refractivity contribution in [1.29, 1.82) is 0 Å². The third-order valence-corrected chi connectivity index (χ3v) is 5.12. The molecule has 1 aliphatic heterocycles. The summed E-state index contributed by atoms with van der Waals surface area (Å²) in [5.74, 6) is 3.26. The molecule has 7 nitrogen and oxygen atoms in total. The van der Waals surface area contributed by atoms with E-state index in [0.717, 1.165) is 28.3 Å². The Hall–Kier alpha value is -2.74. The van der Waals surface area contributed by atoms with Crippen LogP contribution in [-0.2, 0) is 5.75 Å². The monoisotopic (exact) mass is 385 g/mol. The second-order valence-corrected chi connectivity index (χ2v) is 7.03. The molecule has 4 rings (SSSR count). The maximum Gasteiger partial charge on any atom is 0.277 e. The summed E-state index contributed by atoms with van der Waals surface area (Å²) in [7, 11) is 1.67. The minimum Gasteiger partial charge on any atom is -0.496 e. The smallest absolute Gasteiger partial charge is 0.277 e. The first kappa shape index (κ1) is 17.7. The van der Waals surface area contributed by atoms with Gasteiger partial charge >= 0.3 is 0 Å². The van der Waals surface area contributed by atoms with Crippen LogP contribution in [0.2, 0.25) is 0 Å². The van der Waals surface area contributed by atoms with Crippen molar-refractivity contribution in [3.63, 3.8) is 0 Å². The minimum absolute atomic E-state index is 0.332. The Balaban J connectivity index is 1.44. The highest BCUT2D eigenvalue weighted by molar-refractivity contribution is 7.98. The lowest BCUT2D eigenvalue weighted by Gasteiger charge is -2.23. The van der Waals surface area contributed by atoms with Gasteiger partial charge in [0.15, 0.2) is 11.5 Å². The third kappa shape index (κ3) is 3.57. The average Bonchev–Trinajstić information content (AvgIpc) is 3.16. The molecule has 0 amide bonds. The lowest BCUT2D eigenvalue weighted by Crippen LogP contribution is -2.21. The van der Waals surface area contributed by atoms with Crippen LogP contribution in [0.25, 0.3) is 0 Å². The predicted molar refractivity (Wildman–Crippen MR) is 99.4 cm³/mol. The number of pyridine rings is 1. The van der Waals surface area contributed by atoms with Crippen molar-refractivity contribution in [2.75, 3.05) is 13.7 Å². The molecule has 1 aromatic carbocycles. The van der Waals surface area contributed by atoms with Crippen molar-refractivity contribution in [3.05, 3.63) is 53.2 Å². The SMILES string of the molecule is COc1c(C)cnc(CSc2nnc([C@@H]3COc4ccccc4O3)o2)c1C. The first-order valence-electron chi connectivity index (χ1n) is 8.49. The fourth-order valence-electron chi connectivity index (χ4n) is 2.90. The zero-order valence-corrected chi connectivity index (χ0v) is 16.1. The summed E-state index contributed by atoms with van der Waals surface area (Å²) in [4.78, 5) is 4.49. The van der Waals surface area contributed by atoms with Crippen LogP contribution in [0, 0.1) is 13.8 Å². The molecule has 3 heterocycles. The molecule has 8 heteroatoms. The number of para-hydroxylation sites is 2. The minimum atomic E-state index is -0.416. The van der Waals surface area contributed by atoms with Gasteiger partial charge in [-0.05, 0) is 26.0 Å². The molecule has 0 aliphatic carbocycles. The van der Waals surface area contributed by atoms with E-state index in [4.69, 9.17) is 18.6 Å². The number of hydrogen-bond acceptors (Lipinski definition) is 8. The van der Waals surface area contributed by atoms with Crippen LogP contribution in [-0.4, -0.2) is 28.9 Å². The summed E-state index contributed by atoms with van der Waals surface area (Å²) in [5, 5.41) is 8.68. The van der Waals surface area contributed by atoms with E-state index in [1.165, 1.54) is 11.8 Å². The number of thioether (sulfide) groups is 1. The lowest BCUT2D eigenvalue weighted by atomic mass is 10.1. The fourth-order valence-corrected chi connectivity index (χ4v) is 3.69. The number of aromatic nitrogens is 3. The molecule has 27 heavy (non-hydrogen) atoms. The van der Waals surface area contributed by atoms with Crippen molar-refractivity contribution in [3.8, 4) is 17.2 Å². The first-order chi connectivity index (χ1) is 13.2. The zero-order chi connectivity index (χ0) is 18.8. The molecule has 0 fully saturated rings. The summed E-state index contributed by atoms with van der Waals surface area (Å²) < 4.78 is 22.8. The van der Waals surface area contributed by atoms with E-state index in [-0.39, 0.29) is 0 Å². The zero-order valence-electron chi connectivity index (χ0n) is 15.3. The van der Waals surface area contributed by atoms with E-state index in [9.17, 15) is 0 Å². The molecular weight excluding hydrogens is 366 g/mol. The molecule has 0 saturated heterocycles. The molecule has 1 aliphatic rings. The number of methoxy groups -OCH3 is 1. The van der Waals surface area contributed by atoms with Crippen molar-refractivity contribution < 1.29 is 18.6 Å². The number of aryl methyl sites for hydroxylation is 1. The van der Waals surface area contributed by atoms with Gasteiger partial charge in [-0.25, -0.2) is 0 Å². The van der Waals surface area contributed by atoms with Crippen LogP contribution >= 0.6 is 11.8 Å². The standard InChI is InChI=1S/C19H19N3O4S/c1-11-8-20-13(12(2)17(11)23-3)10-27-19-22-21-18(26-19)16-9-24-14-6-4-5-7-15(14)25-16/h4-8,16H,9-10H2,1-3H3/t16-/m0/s1. The molecule has 3 aromatic rings. The second kappa shape index (κ2) is 7.48. The van der Waals surface area contributed by atoms with Crippen molar-refractivity contribution in [1.82, 2.24) is 15.2 Å². The first-order valence-corrected chi connectivity index (χ1v) is 9.48. The van der Waals surface area contributed by atoms with E-state index in [1.807, 2.05) is 44.3 Å². The second-order valence-electron chi connectivity index (χ2n) is 6.11. The van der Waals surface area contributed by atoms with Crippen molar-refractivity contribution in [2.24, 2.45) is 0 Å². The largest absolute Gasteiger partial charge is 0.496 e. The number of hydrogen-bond donors (Lipinski definition) is 0. The molecule has 0 bridgehead atoms. The van der Waals surface area contributed by atoms with Crippen molar-refractivity contribution in [2.45, 2.75) is 30.9 Å². The number of rotatable bonds is 5. The van der Waals surface area contributed by atoms with Gasteiger partial charge in [-0.2, -0.15) is 0 Å². The summed E-state index contributed by atoms with van der Waals surface area (Å²) in [5.41, 5.74) is 2.96. The van der Waals surface area contributed by atoms with Crippen LogP contribution < -0.4 is 14.2 Å². The summed E-state index contributed by atoms with van der Waals surface area (Å²) in [6.07, 6.45) is 1.40. The van der Waals surface area contributed by atoms with E-state index < -0.39 is 6.10 Å². The van der Waals surface area contributed by atoms with Crippen LogP contribution in [0.1, 0.15) is 28.8 Å². The Kier molecular flexibility index (Phi) is 4.89. The quantitative estimate of drug-likeness (QED) is 0.612. The van der Waals surface area contributed by atoms with Crippen LogP contribution in [0.4, 0.5) is 0 Å². The molecule has 0 unspecified atom stereocenters. The Morgan fingerprint density at radius 1 is 1.19 bits per heavy atom. The predicted octanol–water partition coefficient (Wildman–Crippen LogP) is 3.89. The van der Waals surface area contributed by atoms with E-state index >= 15 is 0 Å². The van der Waals surface area contributed by atoms with Crippen LogP contribution in [0.5, 0.6) is 17.2 Å². The van der Waals surface area contributed by atoms with E-state index in [2.05, 4.69) is 15.2 Å². The van der Waals surface area contributed by atoms with Gasteiger partial charge in [-0.1, -0.05) is 23.9 Å². The Morgan fingerprint density at radius 3 is 2.81 bits per heavy atom. The molecule has 0 radical (unpaired) electrons. The maximum absolute atomic E-state index is 5.90. The average molecular weight is 385 g/mol. The van der Waals surface area contributed by atoms with Crippen LogP contribution in [0.15, 0.2) is 40.1 Å². The van der Waals surface area contributed by atoms with Gasteiger partial charge in [-0.15, -0.1) is 10.2 Å². The molecular formula is C19H19N3O4S. The highest BCUT2D eigenvalue weighted by Crippen LogP contribution is 2.36. The van der Waals surface area contributed by atoms with Crippen molar-refractivity contribution >= 4 is 11.8 Å². The van der Waals surface area contributed by atoms with Gasteiger partial charge in [0.05, 0.1) is 12.8 Å². The summed E-state index contributed by atoms with van der Waals surface area (Å²) in [6, 6.07) is 7.52. The molecule has 2 aromatic heterocycles. The summed E-state index contributed by atoms with van der Waals surface area (Å²) in [6.45, 7) is 4.31. The molecule has 0 spiro atoms. The van der Waals surface area contributed by atoms with Gasteiger partial charge in [0.2, 0.25) is 6.10 Å². The third-order valence-electron chi connectivity index (χ3n) is 4.29. The van der Waals surface area contributed by atoms with Crippen LogP contribution in [0.3, 0.4) is 0 Å². The van der Waals surface area contributed by atoms with Gasteiger partial charge in [-0.3, -0.25) is 4.98 Å². The molecule has 1 atom stereocenters. The highest BCUT2D eigenvalue weighted by Gasteiger charge is 2.27. The number of nitrogens with zero attached hydrogens (tertiary/aromatic N) is 3. The Bertz CT molecular complexity index is 960. The Morgan fingerprint density at radius 2 is 2.00 bits per heavy atom. The maximum atomic E-state index is 5.90. The van der Waals surface area contributed by atoms with Gasteiger partial charge in [0.25, 0.3) is 11.1 Å². The molecule has 0 saturated carbocycles. The number of benzene rings is 1. The normalized spacial score (nSPS) is 15.6. The fraction of sp³-hybridized carbons (Fsp3) is 0.316. The summed E-state index contributed by atoms with van der Waals surface area (Å²) >= 11 is 1.43.